The van der Waals surface area contributed by atoms with Gasteiger partial charge in [-0.3, -0.25) is 4.79 Å². The van der Waals surface area contributed by atoms with E-state index in [4.69, 9.17) is 0 Å². The summed E-state index contributed by atoms with van der Waals surface area (Å²) in [6.45, 7) is 5.94. The Bertz CT molecular complexity index is 203. The summed E-state index contributed by atoms with van der Waals surface area (Å²) in [7, 11) is 1.78. The normalized spacial score (nSPS) is 30.3. The predicted molar refractivity (Wildman–Crippen MR) is 62.6 cm³/mol. The maximum Gasteiger partial charge on any atom is 0.134 e. The molecule has 0 aliphatic heterocycles. The van der Waals surface area contributed by atoms with Gasteiger partial charge in [-0.2, -0.15) is 0 Å². The summed E-state index contributed by atoms with van der Waals surface area (Å²) in [6, 6.07) is 0. The van der Waals surface area contributed by atoms with Gasteiger partial charge in [0.05, 0.1) is 0 Å². The first-order valence-electron chi connectivity index (χ1n) is 4.08. The molecule has 0 bridgehead atoms. The van der Waals surface area contributed by atoms with Crippen molar-refractivity contribution in [1.29, 1.82) is 0 Å². The highest BCUT2D eigenvalue weighted by Gasteiger charge is 2.27. The van der Waals surface area contributed by atoms with Crippen molar-refractivity contribution in [3.63, 3.8) is 0 Å². The Labute approximate surface area is 90.0 Å². The molecular formula is C9H13IOS. The number of allylic oxidation sites excluding steroid dienone is 1. The average molecular weight is 296 g/mol. The van der Waals surface area contributed by atoms with Crippen molar-refractivity contribution in [2.24, 2.45) is 5.92 Å². The molecule has 1 aliphatic carbocycles. The van der Waals surface area contributed by atoms with Gasteiger partial charge in [0.1, 0.15) is 5.78 Å². The SMILES string of the molecule is C=C(C)[C@@H]1CC(=O)C[C@@H](SI)C1. The summed E-state index contributed by atoms with van der Waals surface area (Å²) in [6.07, 6.45) is 2.62. The van der Waals surface area contributed by atoms with E-state index in [1.54, 1.807) is 8.93 Å². The van der Waals surface area contributed by atoms with Gasteiger partial charge in [0.2, 0.25) is 0 Å². The van der Waals surface area contributed by atoms with Gasteiger partial charge in [0, 0.05) is 18.1 Å². The molecule has 0 spiro atoms. The maximum absolute atomic E-state index is 11.3. The number of hydrogen-bond donors (Lipinski definition) is 0. The lowest BCUT2D eigenvalue weighted by Crippen LogP contribution is -2.24. The highest BCUT2D eigenvalue weighted by molar-refractivity contribution is 14.2. The first-order valence-corrected chi connectivity index (χ1v) is 7.50. The van der Waals surface area contributed by atoms with Gasteiger partial charge < -0.3 is 0 Å². The largest absolute Gasteiger partial charge is 0.300 e. The first-order chi connectivity index (χ1) is 5.63. The summed E-state index contributed by atoms with van der Waals surface area (Å²) in [5.41, 5.74) is 1.17. The van der Waals surface area contributed by atoms with Crippen LogP contribution < -0.4 is 0 Å². The van der Waals surface area contributed by atoms with Crippen LogP contribution in [0.5, 0.6) is 0 Å². The minimum absolute atomic E-state index is 0.406. The van der Waals surface area contributed by atoms with Crippen molar-refractivity contribution >= 4 is 35.9 Å². The average Bonchev–Trinajstić information content (AvgIpc) is 2.03. The monoisotopic (exact) mass is 296 g/mol. The highest BCUT2D eigenvalue weighted by atomic mass is 127. The van der Waals surface area contributed by atoms with Gasteiger partial charge in [-0.25, -0.2) is 0 Å². The Balaban J connectivity index is 2.56. The number of carbonyl (C=O) groups excluding carboxylic acids is 1. The number of hydrogen-bond acceptors (Lipinski definition) is 2. The second kappa shape index (κ2) is 4.65. The molecule has 68 valence electrons. The molecular weight excluding hydrogens is 283 g/mol. The summed E-state index contributed by atoms with van der Waals surface area (Å²) in [5.74, 6) is 0.849. The molecule has 12 heavy (non-hydrogen) atoms. The molecule has 0 aromatic carbocycles. The van der Waals surface area contributed by atoms with Crippen molar-refractivity contribution in [3.8, 4) is 0 Å². The molecule has 1 rings (SSSR count). The minimum Gasteiger partial charge on any atom is -0.300 e. The van der Waals surface area contributed by atoms with Crippen molar-refractivity contribution in [2.45, 2.75) is 31.4 Å². The molecule has 0 saturated heterocycles. The molecule has 0 aromatic heterocycles. The lowest BCUT2D eigenvalue weighted by molar-refractivity contribution is -0.120. The van der Waals surface area contributed by atoms with E-state index in [2.05, 4.69) is 27.8 Å². The Morgan fingerprint density at radius 3 is 2.83 bits per heavy atom. The Morgan fingerprint density at radius 2 is 2.33 bits per heavy atom. The minimum atomic E-state index is 0.406. The van der Waals surface area contributed by atoms with Crippen LogP contribution in [0.25, 0.3) is 0 Å². The molecule has 0 amide bonds. The van der Waals surface area contributed by atoms with Gasteiger partial charge in [-0.05, 0) is 40.5 Å². The van der Waals surface area contributed by atoms with Crippen molar-refractivity contribution in [3.05, 3.63) is 12.2 Å². The number of ketones is 1. The van der Waals surface area contributed by atoms with Crippen molar-refractivity contribution in [2.75, 3.05) is 0 Å². The number of rotatable bonds is 2. The van der Waals surface area contributed by atoms with E-state index >= 15 is 0 Å². The zero-order valence-electron chi connectivity index (χ0n) is 7.18. The molecule has 0 radical (unpaired) electrons. The third-order valence-electron chi connectivity index (χ3n) is 2.30. The molecule has 1 fully saturated rings. The fraction of sp³-hybridized carbons (Fsp3) is 0.667. The predicted octanol–water partition coefficient (Wildman–Crippen LogP) is 3.38. The van der Waals surface area contributed by atoms with Crippen LogP contribution in [0.15, 0.2) is 12.2 Å². The Kier molecular flexibility index (Phi) is 4.10. The molecule has 0 aromatic rings. The van der Waals surface area contributed by atoms with Crippen LogP contribution in [-0.4, -0.2) is 11.0 Å². The van der Waals surface area contributed by atoms with E-state index < -0.39 is 0 Å². The second-order valence-electron chi connectivity index (χ2n) is 3.44. The fourth-order valence-corrected chi connectivity index (χ4v) is 3.26. The number of halogens is 1. The van der Waals surface area contributed by atoms with Crippen LogP contribution in [0.4, 0.5) is 0 Å². The van der Waals surface area contributed by atoms with Crippen LogP contribution in [0.1, 0.15) is 26.2 Å². The molecule has 1 nitrogen and oxygen atoms in total. The van der Waals surface area contributed by atoms with E-state index in [1.807, 2.05) is 6.92 Å². The highest BCUT2D eigenvalue weighted by Crippen LogP contribution is 2.36. The van der Waals surface area contributed by atoms with Gasteiger partial charge in [0.25, 0.3) is 0 Å². The van der Waals surface area contributed by atoms with Crippen LogP contribution in [0.2, 0.25) is 0 Å². The lowest BCUT2D eigenvalue weighted by Gasteiger charge is -2.26. The van der Waals surface area contributed by atoms with E-state index in [1.165, 1.54) is 5.57 Å². The number of carbonyl (C=O) groups is 1. The fourth-order valence-electron chi connectivity index (χ4n) is 1.54. The van der Waals surface area contributed by atoms with Gasteiger partial charge in [0.15, 0.2) is 0 Å². The summed E-state index contributed by atoms with van der Waals surface area (Å²) >= 11 is 2.28. The van der Waals surface area contributed by atoms with Crippen LogP contribution in [0, 0.1) is 5.92 Å². The smallest absolute Gasteiger partial charge is 0.134 e. The number of Topliss-reactive ketones (excluding diaryl/α,β-unsaturated/α-hetero) is 1. The van der Waals surface area contributed by atoms with Gasteiger partial charge in [-0.1, -0.05) is 21.1 Å². The third kappa shape index (κ3) is 2.76. The van der Waals surface area contributed by atoms with E-state index in [0.29, 0.717) is 17.0 Å². The Hall–Kier alpha value is 0.490. The van der Waals surface area contributed by atoms with Crippen molar-refractivity contribution < 1.29 is 4.79 Å². The molecule has 0 heterocycles. The van der Waals surface area contributed by atoms with E-state index in [9.17, 15) is 4.79 Å². The molecule has 0 N–H and O–H groups in total. The molecule has 2 atom stereocenters. The first kappa shape index (κ1) is 10.6. The lowest BCUT2D eigenvalue weighted by atomic mass is 9.84. The molecule has 0 unspecified atom stereocenters. The van der Waals surface area contributed by atoms with Crippen LogP contribution in [-0.2, 0) is 4.79 Å². The summed E-state index contributed by atoms with van der Waals surface area (Å²) in [4.78, 5) is 11.3. The second-order valence-corrected chi connectivity index (χ2v) is 5.81. The third-order valence-corrected chi connectivity index (χ3v) is 5.07. The zero-order chi connectivity index (χ0) is 9.14. The van der Waals surface area contributed by atoms with Gasteiger partial charge in [-0.15, -0.1) is 0 Å². The Morgan fingerprint density at radius 1 is 1.67 bits per heavy atom. The zero-order valence-corrected chi connectivity index (χ0v) is 10.2. The standard InChI is InChI=1S/C9H13IOS/c1-6(2)7-3-8(11)5-9(4-7)12-10/h7,9H,1,3-5H2,2H3/t7-,9+/m1/s1. The molecule has 3 heteroatoms. The molecule has 1 aliphatic rings. The van der Waals surface area contributed by atoms with Crippen molar-refractivity contribution in [1.82, 2.24) is 0 Å². The van der Waals surface area contributed by atoms with Crippen LogP contribution in [0.3, 0.4) is 0 Å². The quantitative estimate of drug-likeness (QED) is 0.574. The summed E-state index contributed by atoms with van der Waals surface area (Å²) in [5, 5.41) is 0.522. The van der Waals surface area contributed by atoms with Gasteiger partial charge >= 0.3 is 0 Å². The van der Waals surface area contributed by atoms with Crippen LogP contribution >= 0.6 is 30.1 Å². The molecule has 1 saturated carbocycles. The maximum atomic E-state index is 11.3. The summed E-state index contributed by atoms with van der Waals surface area (Å²) < 4.78 is 0. The van der Waals surface area contributed by atoms with E-state index in [-0.39, 0.29) is 0 Å². The van der Waals surface area contributed by atoms with E-state index in [0.717, 1.165) is 19.3 Å². The topological polar surface area (TPSA) is 17.1 Å².